The molecule has 0 radical (unpaired) electrons. The first-order valence-electron chi connectivity index (χ1n) is 5.07. The Kier molecular flexibility index (Phi) is 3.12. The van der Waals surface area contributed by atoms with E-state index in [1.165, 1.54) is 0 Å². The van der Waals surface area contributed by atoms with Crippen molar-refractivity contribution in [1.29, 1.82) is 0 Å². The van der Waals surface area contributed by atoms with Gasteiger partial charge in [-0.2, -0.15) is 0 Å². The third kappa shape index (κ3) is 3.23. The van der Waals surface area contributed by atoms with Crippen LogP contribution in [-0.4, -0.2) is 13.9 Å². The van der Waals surface area contributed by atoms with Crippen LogP contribution in [0.4, 0.5) is 0 Å². The molecular weight excluding hydrogens is 188 g/mol. The molecule has 0 aliphatic rings. The Hall–Kier alpha value is -0.673. The SMILES string of the molecule is CC(C)(C)N[Si](C)(C)[n+]1ccccc1. The van der Waals surface area contributed by atoms with E-state index in [9.17, 15) is 0 Å². The summed E-state index contributed by atoms with van der Waals surface area (Å²) in [5, 5.41) is 0. The highest BCUT2D eigenvalue weighted by molar-refractivity contribution is 6.66. The normalized spacial score (nSPS) is 12.9. The highest BCUT2D eigenvalue weighted by atomic mass is 28.3. The van der Waals surface area contributed by atoms with E-state index >= 15 is 0 Å². The lowest BCUT2D eigenvalue weighted by Gasteiger charge is -2.27. The van der Waals surface area contributed by atoms with Gasteiger partial charge >= 0.3 is 8.40 Å². The van der Waals surface area contributed by atoms with Gasteiger partial charge in [-0.05, 0) is 32.9 Å². The zero-order valence-electron chi connectivity index (χ0n) is 9.83. The van der Waals surface area contributed by atoms with E-state index in [1.807, 2.05) is 0 Å². The fraction of sp³-hybridized carbons (Fsp3) is 0.545. The molecule has 0 aliphatic carbocycles. The Morgan fingerprint density at radius 1 is 1.00 bits per heavy atom. The molecule has 1 aromatic heterocycles. The molecule has 0 spiro atoms. The summed E-state index contributed by atoms with van der Waals surface area (Å²) in [6, 6.07) is 6.22. The zero-order chi connectivity index (χ0) is 10.8. The minimum absolute atomic E-state index is 0.179. The van der Waals surface area contributed by atoms with Crippen molar-refractivity contribution in [2.24, 2.45) is 0 Å². The number of nitrogens with one attached hydrogen (secondary N) is 1. The van der Waals surface area contributed by atoms with Gasteiger partial charge in [0, 0.05) is 18.6 Å². The molecule has 2 nitrogen and oxygen atoms in total. The molecule has 0 aliphatic heterocycles. The highest BCUT2D eigenvalue weighted by Gasteiger charge is 2.38. The van der Waals surface area contributed by atoms with Gasteiger partial charge in [-0.1, -0.05) is 6.07 Å². The summed E-state index contributed by atoms with van der Waals surface area (Å²) in [5.41, 5.74) is 0.179. The Balaban J connectivity index is 2.86. The van der Waals surface area contributed by atoms with Crippen molar-refractivity contribution in [2.45, 2.75) is 39.4 Å². The second-order valence-electron chi connectivity index (χ2n) is 5.22. The molecule has 3 heteroatoms. The van der Waals surface area contributed by atoms with E-state index in [-0.39, 0.29) is 5.54 Å². The van der Waals surface area contributed by atoms with Gasteiger partial charge in [0.05, 0.1) is 0 Å². The molecule has 0 fully saturated rings. The molecule has 0 saturated carbocycles. The maximum Gasteiger partial charge on any atom is 0.439 e. The lowest BCUT2D eigenvalue weighted by Crippen LogP contribution is -2.72. The average Bonchev–Trinajstić information content (AvgIpc) is 2.01. The summed E-state index contributed by atoms with van der Waals surface area (Å²) >= 11 is 0. The summed E-state index contributed by atoms with van der Waals surface area (Å²) in [6.07, 6.45) is 4.29. The second-order valence-corrected chi connectivity index (χ2v) is 9.10. The molecule has 0 aromatic carbocycles. The van der Waals surface area contributed by atoms with Gasteiger partial charge in [0.2, 0.25) is 0 Å². The molecule has 0 amide bonds. The maximum absolute atomic E-state index is 3.71. The van der Waals surface area contributed by atoms with Gasteiger partial charge in [-0.25, -0.2) is 0 Å². The predicted octanol–water partition coefficient (Wildman–Crippen LogP) is 1.91. The minimum atomic E-state index is -1.55. The Labute approximate surface area is 88.1 Å². The van der Waals surface area contributed by atoms with Crippen LogP contribution in [0.2, 0.25) is 13.1 Å². The van der Waals surface area contributed by atoms with Crippen LogP contribution in [0, 0.1) is 0 Å². The van der Waals surface area contributed by atoms with Crippen LogP contribution in [-0.2, 0) is 0 Å². The largest absolute Gasteiger partial charge is 0.439 e. The van der Waals surface area contributed by atoms with Crippen molar-refractivity contribution in [1.82, 2.24) is 4.98 Å². The Bertz CT molecular complexity index is 288. The molecule has 1 heterocycles. The topological polar surface area (TPSA) is 15.9 Å². The van der Waals surface area contributed by atoms with Crippen molar-refractivity contribution in [2.75, 3.05) is 0 Å². The first-order valence-corrected chi connectivity index (χ1v) is 8.02. The summed E-state index contributed by atoms with van der Waals surface area (Å²) in [7, 11) is -1.55. The highest BCUT2D eigenvalue weighted by Crippen LogP contribution is 2.04. The van der Waals surface area contributed by atoms with E-state index in [2.05, 4.69) is 73.7 Å². The van der Waals surface area contributed by atoms with Gasteiger partial charge in [0.15, 0.2) is 0 Å². The van der Waals surface area contributed by atoms with Crippen LogP contribution >= 0.6 is 0 Å². The number of nitrogens with zero attached hydrogens (tertiary/aromatic N) is 1. The van der Waals surface area contributed by atoms with Crippen molar-refractivity contribution >= 4 is 8.40 Å². The number of rotatable bonds is 2. The van der Waals surface area contributed by atoms with E-state index in [0.29, 0.717) is 0 Å². The van der Waals surface area contributed by atoms with Crippen molar-refractivity contribution in [3.05, 3.63) is 30.6 Å². The third-order valence-corrected chi connectivity index (χ3v) is 4.99. The zero-order valence-corrected chi connectivity index (χ0v) is 10.8. The predicted molar refractivity (Wildman–Crippen MR) is 62.4 cm³/mol. The Morgan fingerprint density at radius 2 is 1.50 bits per heavy atom. The lowest BCUT2D eigenvalue weighted by molar-refractivity contribution is -0.549. The molecule has 0 saturated heterocycles. The number of hydrogen-bond acceptors (Lipinski definition) is 1. The van der Waals surface area contributed by atoms with Gasteiger partial charge < -0.3 is 0 Å². The van der Waals surface area contributed by atoms with Gasteiger partial charge in [-0.3, -0.25) is 9.22 Å². The molecule has 1 aromatic rings. The van der Waals surface area contributed by atoms with E-state index in [1.54, 1.807) is 0 Å². The number of hydrogen-bond donors (Lipinski definition) is 1. The van der Waals surface area contributed by atoms with Gasteiger partial charge in [0.1, 0.15) is 12.4 Å². The summed E-state index contributed by atoms with van der Waals surface area (Å²) in [4.78, 5) is 3.71. The minimum Gasteiger partial charge on any atom is -0.278 e. The van der Waals surface area contributed by atoms with Crippen LogP contribution < -0.4 is 9.22 Å². The smallest absolute Gasteiger partial charge is 0.278 e. The van der Waals surface area contributed by atoms with Crippen molar-refractivity contribution in [3.8, 4) is 0 Å². The molecule has 1 N–H and O–H groups in total. The third-order valence-electron chi connectivity index (χ3n) is 2.04. The fourth-order valence-corrected chi connectivity index (χ4v) is 4.64. The number of aromatic nitrogens is 1. The summed E-state index contributed by atoms with van der Waals surface area (Å²) in [6.45, 7) is 11.3. The average molecular weight is 209 g/mol. The van der Waals surface area contributed by atoms with Crippen LogP contribution in [0.15, 0.2) is 30.6 Å². The monoisotopic (exact) mass is 209 g/mol. The second kappa shape index (κ2) is 3.83. The van der Waals surface area contributed by atoms with Crippen LogP contribution in [0.3, 0.4) is 0 Å². The maximum atomic E-state index is 3.71. The molecular formula is C11H21N2Si+. The standard InChI is InChI=1S/C11H21N2Si/c1-11(2,3)12-14(4,5)13-9-7-6-8-10-13/h6-10,12H,1-5H3/q+1. The summed E-state index contributed by atoms with van der Waals surface area (Å²) < 4.78 is 2.32. The first kappa shape index (κ1) is 11.4. The first-order chi connectivity index (χ1) is 6.31. The molecule has 0 atom stereocenters. The molecule has 78 valence electrons. The van der Waals surface area contributed by atoms with Gasteiger partial charge in [0.25, 0.3) is 0 Å². The number of pyridine rings is 1. The van der Waals surface area contributed by atoms with E-state index in [4.69, 9.17) is 0 Å². The molecule has 0 bridgehead atoms. The summed E-state index contributed by atoms with van der Waals surface area (Å²) in [5.74, 6) is 0. The van der Waals surface area contributed by atoms with Crippen LogP contribution in [0.25, 0.3) is 0 Å². The van der Waals surface area contributed by atoms with Crippen LogP contribution in [0.5, 0.6) is 0 Å². The quantitative estimate of drug-likeness (QED) is 0.736. The van der Waals surface area contributed by atoms with Crippen molar-refractivity contribution in [3.63, 3.8) is 0 Å². The molecule has 14 heavy (non-hydrogen) atoms. The Morgan fingerprint density at radius 3 is 1.93 bits per heavy atom. The van der Waals surface area contributed by atoms with Gasteiger partial charge in [-0.15, -0.1) is 0 Å². The van der Waals surface area contributed by atoms with Crippen molar-refractivity contribution < 1.29 is 4.23 Å². The van der Waals surface area contributed by atoms with Crippen LogP contribution in [0.1, 0.15) is 20.8 Å². The lowest BCUT2D eigenvalue weighted by atomic mass is 10.1. The van der Waals surface area contributed by atoms with E-state index < -0.39 is 8.40 Å². The van der Waals surface area contributed by atoms with E-state index in [0.717, 1.165) is 0 Å². The molecule has 1 rings (SSSR count). The fourth-order valence-electron chi connectivity index (χ4n) is 1.75. The molecule has 0 unspecified atom stereocenters.